The molecular formula is C15H20N2O2. The molecule has 2 aromatic rings. The quantitative estimate of drug-likeness (QED) is 0.831. The SMILES string of the molecule is CN(Cc1ccoc1)Cc1occc1CNC1CC1. The zero-order valence-corrected chi connectivity index (χ0v) is 11.3. The highest BCUT2D eigenvalue weighted by Crippen LogP contribution is 2.21. The number of furan rings is 2. The van der Waals surface area contributed by atoms with Crippen molar-refractivity contribution in [3.05, 3.63) is 47.8 Å². The molecule has 102 valence electrons. The van der Waals surface area contributed by atoms with Gasteiger partial charge in [0.15, 0.2) is 0 Å². The van der Waals surface area contributed by atoms with E-state index < -0.39 is 0 Å². The summed E-state index contributed by atoms with van der Waals surface area (Å²) in [7, 11) is 2.09. The van der Waals surface area contributed by atoms with Crippen molar-refractivity contribution in [3.8, 4) is 0 Å². The van der Waals surface area contributed by atoms with Crippen LogP contribution in [0.5, 0.6) is 0 Å². The standard InChI is InChI=1S/C15H20N2O2/c1-17(9-12-4-6-18-11-12)10-15-13(5-7-19-15)8-16-14-2-3-14/h4-7,11,14,16H,2-3,8-10H2,1H3. The van der Waals surface area contributed by atoms with Crippen LogP contribution in [0.4, 0.5) is 0 Å². The van der Waals surface area contributed by atoms with Gasteiger partial charge in [-0.3, -0.25) is 4.90 Å². The molecule has 2 heterocycles. The molecule has 2 aromatic heterocycles. The van der Waals surface area contributed by atoms with Gasteiger partial charge >= 0.3 is 0 Å². The highest BCUT2D eigenvalue weighted by Gasteiger charge is 2.21. The van der Waals surface area contributed by atoms with Crippen molar-refractivity contribution in [1.82, 2.24) is 10.2 Å². The lowest BCUT2D eigenvalue weighted by Crippen LogP contribution is -2.20. The zero-order chi connectivity index (χ0) is 13.1. The van der Waals surface area contributed by atoms with E-state index in [2.05, 4.69) is 23.3 Å². The van der Waals surface area contributed by atoms with Gasteiger partial charge in [0.2, 0.25) is 0 Å². The summed E-state index contributed by atoms with van der Waals surface area (Å²) in [4.78, 5) is 2.23. The second kappa shape index (κ2) is 5.63. The topological polar surface area (TPSA) is 41.6 Å². The Kier molecular flexibility index (Phi) is 3.71. The predicted octanol–water partition coefficient (Wildman–Crippen LogP) is 2.76. The van der Waals surface area contributed by atoms with Crippen LogP contribution in [0.3, 0.4) is 0 Å². The first kappa shape index (κ1) is 12.5. The molecule has 4 heteroatoms. The molecule has 0 spiro atoms. The Balaban J connectivity index is 1.54. The average Bonchev–Trinajstić information content (AvgIpc) is 2.89. The van der Waals surface area contributed by atoms with Crippen molar-refractivity contribution in [1.29, 1.82) is 0 Å². The number of hydrogen-bond donors (Lipinski definition) is 1. The molecule has 0 saturated heterocycles. The van der Waals surface area contributed by atoms with Gasteiger partial charge < -0.3 is 14.2 Å². The summed E-state index contributed by atoms with van der Waals surface area (Å²) in [5, 5.41) is 3.52. The summed E-state index contributed by atoms with van der Waals surface area (Å²) < 4.78 is 10.7. The van der Waals surface area contributed by atoms with Crippen molar-refractivity contribution in [2.45, 2.75) is 38.5 Å². The van der Waals surface area contributed by atoms with Gasteiger partial charge in [-0.2, -0.15) is 0 Å². The Morgan fingerprint density at radius 3 is 2.89 bits per heavy atom. The number of hydrogen-bond acceptors (Lipinski definition) is 4. The predicted molar refractivity (Wildman–Crippen MR) is 72.4 cm³/mol. The molecule has 1 N–H and O–H groups in total. The second-order valence-corrected chi connectivity index (χ2v) is 5.33. The van der Waals surface area contributed by atoms with E-state index in [9.17, 15) is 0 Å². The first-order valence-corrected chi connectivity index (χ1v) is 6.79. The van der Waals surface area contributed by atoms with Crippen LogP contribution in [0.1, 0.15) is 29.7 Å². The minimum absolute atomic E-state index is 0.728. The lowest BCUT2D eigenvalue weighted by molar-refractivity contribution is 0.285. The average molecular weight is 260 g/mol. The molecular weight excluding hydrogens is 240 g/mol. The third-order valence-electron chi connectivity index (χ3n) is 3.44. The molecule has 19 heavy (non-hydrogen) atoms. The lowest BCUT2D eigenvalue weighted by Gasteiger charge is -2.15. The molecule has 0 aliphatic heterocycles. The molecule has 0 amide bonds. The number of rotatable bonds is 7. The summed E-state index contributed by atoms with van der Waals surface area (Å²) >= 11 is 0. The van der Waals surface area contributed by atoms with Crippen LogP contribution >= 0.6 is 0 Å². The van der Waals surface area contributed by atoms with Crippen LogP contribution in [-0.4, -0.2) is 18.0 Å². The lowest BCUT2D eigenvalue weighted by atomic mass is 10.2. The maximum absolute atomic E-state index is 5.60. The van der Waals surface area contributed by atoms with Crippen molar-refractivity contribution in [2.24, 2.45) is 0 Å². The van der Waals surface area contributed by atoms with E-state index in [0.29, 0.717) is 0 Å². The van der Waals surface area contributed by atoms with Gasteiger partial charge in [0.25, 0.3) is 0 Å². The Bertz CT molecular complexity index is 500. The van der Waals surface area contributed by atoms with Crippen LogP contribution in [-0.2, 0) is 19.6 Å². The van der Waals surface area contributed by atoms with Gasteiger partial charge in [-0.25, -0.2) is 0 Å². The highest BCUT2D eigenvalue weighted by molar-refractivity contribution is 5.17. The van der Waals surface area contributed by atoms with Crippen LogP contribution in [0.25, 0.3) is 0 Å². The van der Waals surface area contributed by atoms with Gasteiger partial charge in [0.1, 0.15) is 5.76 Å². The Hall–Kier alpha value is -1.52. The molecule has 1 fully saturated rings. The molecule has 0 radical (unpaired) electrons. The smallest absolute Gasteiger partial charge is 0.122 e. The van der Waals surface area contributed by atoms with Crippen molar-refractivity contribution in [2.75, 3.05) is 7.05 Å². The fraction of sp³-hybridized carbons (Fsp3) is 0.467. The van der Waals surface area contributed by atoms with Crippen molar-refractivity contribution >= 4 is 0 Å². The van der Waals surface area contributed by atoms with Crippen molar-refractivity contribution in [3.63, 3.8) is 0 Å². The van der Waals surface area contributed by atoms with Gasteiger partial charge in [-0.1, -0.05) is 0 Å². The summed E-state index contributed by atoms with van der Waals surface area (Å²) in [5.41, 5.74) is 2.46. The van der Waals surface area contributed by atoms with Crippen LogP contribution in [0.15, 0.2) is 39.8 Å². The first-order valence-electron chi connectivity index (χ1n) is 6.79. The third-order valence-corrected chi connectivity index (χ3v) is 3.44. The van der Waals surface area contributed by atoms with Crippen LogP contribution in [0.2, 0.25) is 0 Å². The normalized spacial score (nSPS) is 15.3. The van der Waals surface area contributed by atoms with Crippen molar-refractivity contribution < 1.29 is 8.83 Å². The largest absolute Gasteiger partial charge is 0.472 e. The maximum atomic E-state index is 5.60. The second-order valence-electron chi connectivity index (χ2n) is 5.33. The summed E-state index contributed by atoms with van der Waals surface area (Å²) in [6.07, 6.45) is 7.90. The van der Waals surface area contributed by atoms with E-state index in [-0.39, 0.29) is 0 Å². The highest BCUT2D eigenvalue weighted by atomic mass is 16.3. The minimum Gasteiger partial charge on any atom is -0.472 e. The molecule has 1 aliphatic carbocycles. The fourth-order valence-corrected chi connectivity index (χ4v) is 2.20. The van der Waals surface area contributed by atoms with E-state index >= 15 is 0 Å². The minimum atomic E-state index is 0.728. The van der Waals surface area contributed by atoms with E-state index in [1.54, 1.807) is 18.8 Å². The van der Waals surface area contributed by atoms with Gasteiger partial charge in [0, 0.05) is 30.3 Å². The number of nitrogens with zero attached hydrogens (tertiary/aromatic N) is 1. The molecule has 4 nitrogen and oxygen atoms in total. The van der Waals surface area contributed by atoms with Gasteiger partial charge in [-0.15, -0.1) is 0 Å². The number of nitrogens with one attached hydrogen (secondary N) is 1. The zero-order valence-electron chi connectivity index (χ0n) is 11.3. The van der Waals surface area contributed by atoms with E-state index in [4.69, 9.17) is 8.83 Å². The Morgan fingerprint density at radius 1 is 1.26 bits per heavy atom. The summed E-state index contributed by atoms with van der Waals surface area (Å²) in [5.74, 6) is 1.05. The summed E-state index contributed by atoms with van der Waals surface area (Å²) in [6, 6.07) is 4.79. The monoisotopic (exact) mass is 260 g/mol. The van der Waals surface area contributed by atoms with Gasteiger partial charge in [-0.05, 0) is 32.0 Å². The van der Waals surface area contributed by atoms with Crippen LogP contribution in [0, 0.1) is 0 Å². The van der Waals surface area contributed by atoms with E-state index in [1.165, 1.54) is 24.0 Å². The van der Waals surface area contributed by atoms with Gasteiger partial charge in [0.05, 0.1) is 25.3 Å². The maximum Gasteiger partial charge on any atom is 0.122 e. The Morgan fingerprint density at radius 2 is 2.16 bits per heavy atom. The molecule has 1 saturated carbocycles. The fourth-order valence-electron chi connectivity index (χ4n) is 2.20. The molecule has 1 aliphatic rings. The van der Waals surface area contributed by atoms with E-state index in [0.717, 1.165) is 31.4 Å². The molecule has 0 unspecified atom stereocenters. The third kappa shape index (κ3) is 3.49. The summed E-state index contributed by atoms with van der Waals surface area (Å²) in [6.45, 7) is 2.60. The Labute approximate surface area is 113 Å². The van der Waals surface area contributed by atoms with Crippen LogP contribution < -0.4 is 5.32 Å². The van der Waals surface area contributed by atoms with E-state index in [1.807, 2.05) is 6.07 Å². The molecule has 0 bridgehead atoms. The molecule has 0 atom stereocenters. The molecule has 0 aromatic carbocycles. The molecule has 3 rings (SSSR count). The first-order chi connectivity index (χ1) is 9.31.